The Labute approximate surface area is 112 Å². The molecular formula is C14H20F3NO. The second-order valence-corrected chi connectivity index (χ2v) is 4.36. The highest BCUT2D eigenvalue weighted by Gasteiger charge is 2.27. The quantitative estimate of drug-likeness (QED) is 0.699. The zero-order valence-corrected chi connectivity index (χ0v) is 10.9. The summed E-state index contributed by atoms with van der Waals surface area (Å²) in [5.41, 5.74) is 1.32. The summed E-state index contributed by atoms with van der Waals surface area (Å²) < 4.78 is 39.7. The van der Waals surface area contributed by atoms with E-state index in [4.69, 9.17) is 0 Å². The summed E-state index contributed by atoms with van der Waals surface area (Å²) in [7, 11) is 0. The van der Waals surface area contributed by atoms with Gasteiger partial charge in [-0.3, -0.25) is 0 Å². The lowest BCUT2D eigenvalue weighted by molar-refractivity contribution is -0.173. The molecule has 0 amide bonds. The highest BCUT2D eigenvalue weighted by molar-refractivity contribution is 5.14. The largest absolute Gasteiger partial charge is 0.411 e. The molecule has 1 rings (SSSR count). The second-order valence-electron chi connectivity index (χ2n) is 4.36. The Morgan fingerprint density at radius 2 is 1.74 bits per heavy atom. The third kappa shape index (κ3) is 9.50. The van der Waals surface area contributed by atoms with Crippen molar-refractivity contribution >= 4 is 0 Å². The van der Waals surface area contributed by atoms with Gasteiger partial charge < -0.3 is 10.1 Å². The number of rotatable bonds is 9. The lowest BCUT2D eigenvalue weighted by Crippen LogP contribution is -2.24. The van der Waals surface area contributed by atoms with Crippen molar-refractivity contribution in [3.05, 3.63) is 35.9 Å². The van der Waals surface area contributed by atoms with Gasteiger partial charge >= 0.3 is 6.18 Å². The molecule has 0 atom stereocenters. The number of hydrogen-bond acceptors (Lipinski definition) is 2. The molecule has 0 unspecified atom stereocenters. The number of alkyl halides is 3. The van der Waals surface area contributed by atoms with Crippen LogP contribution >= 0.6 is 0 Å². The summed E-state index contributed by atoms with van der Waals surface area (Å²) in [6.45, 7) is 0.199. The SMILES string of the molecule is FC(F)(F)COCCNCCCCc1ccccc1. The Balaban J connectivity index is 1.87. The van der Waals surface area contributed by atoms with Gasteiger partial charge in [-0.05, 0) is 31.4 Å². The van der Waals surface area contributed by atoms with Crippen molar-refractivity contribution in [2.75, 3.05) is 26.3 Å². The van der Waals surface area contributed by atoms with E-state index in [-0.39, 0.29) is 6.61 Å². The topological polar surface area (TPSA) is 21.3 Å². The fourth-order valence-corrected chi connectivity index (χ4v) is 1.68. The normalized spacial score (nSPS) is 11.7. The molecule has 0 fully saturated rings. The van der Waals surface area contributed by atoms with Crippen molar-refractivity contribution in [3.63, 3.8) is 0 Å². The van der Waals surface area contributed by atoms with Gasteiger partial charge in [0.2, 0.25) is 0 Å². The van der Waals surface area contributed by atoms with E-state index in [2.05, 4.69) is 22.2 Å². The van der Waals surface area contributed by atoms with Gasteiger partial charge in [0, 0.05) is 6.54 Å². The van der Waals surface area contributed by atoms with Crippen molar-refractivity contribution in [2.24, 2.45) is 0 Å². The summed E-state index contributed by atoms with van der Waals surface area (Å²) in [4.78, 5) is 0. The van der Waals surface area contributed by atoms with Crippen molar-refractivity contribution in [1.82, 2.24) is 5.32 Å². The second kappa shape index (κ2) is 8.93. The van der Waals surface area contributed by atoms with E-state index < -0.39 is 12.8 Å². The summed E-state index contributed by atoms with van der Waals surface area (Å²) in [5.74, 6) is 0. The Morgan fingerprint density at radius 1 is 1.00 bits per heavy atom. The van der Waals surface area contributed by atoms with Crippen LogP contribution in [-0.4, -0.2) is 32.5 Å². The number of ether oxygens (including phenoxy) is 1. The molecule has 0 aliphatic carbocycles. The third-order valence-electron chi connectivity index (χ3n) is 2.60. The van der Waals surface area contributed by atoms with E-state index >= 15 is 0 Å². The smallest absolute Gasteiger partial charge is 0.371 e. The summed E-state index contributed by atoms with van der Waals surface area (Å²) >= 11 is 0. The number of nitrogens with one attached hydrogen (secondary N) is 1. The highest BCUT2D eigenvalue weighted by Crippen LogP contribution is 2.13. The van der Waals surface area contributed by atoms with E-state index in [0.29, 0.717) is 6.54 Å². The van der Waals surface area contributed by atoms with Gasteiger partial charge in [0.1, 0.15) is 6.61 Å². The van der Waals surface area contributed by atoms with Crippen LogP contribution in [-0.2, 0) is 11.2 Å². The molecule has 2 nitrogen and oxygen atoms in total. The van der Waals surface area contributed by atoms with E-state index in [1.54, 1.807) is 0 Å². The molecule has 0 heterocycles. The molecule has 108 valence electrons. The van der Waals surface area contributed by atoms with Crippen LogP contribution in [0.25, 0.3) is 0 Å². The van der Waals surface area contributed by atoms with E-state index in [1.165, 1.54) is 5.56 Å². The lowest BCUT2D eigenvalue weighted by Gasteiger charge is -2.08. The molecule has 0 aliphatic rings. The predicted octanol–water partition coefficient (Wildman–Crippen LogP) is 3.18. The van der Waals surface area contributed by atoms with Crippen LogP contribution in [0, 0.1) is 0 Å². The van der Waals surface area contributed by atoms with Gasteiger partial charge in [-0.2, -0.15) is 13.2 Å². The van der Waals surface area contributed by atoms with E-state index in [0.717, 1.165) is 25.8 Å². The number of aryl methyl sites for hydroxylation is 1. The first-order chi connectivity index (χ1) is 9.08. The molecule has 0 aromatic heterocycles. The van der Waals surface area contributed by atoms with Crippen LogP contribution < -0.4 is 5.32 Å². The molecule has 1 N–H and O–H groups in total. The van der Waals surface area contributed by atoms with Gasteiger partial charge in [-0.15, -0.1) is 0 Å². The highest BCUT2D eigenvalue weighted by atomic mass is 19.4. The van der Waals surface area contributed by atoms with Crippen LogP contribution in [0.1, 0.15) is 18.4 Å². The van der Waals surface area contributed by atoms with Crippen LogP contribution in [0.2, 0.25) is 0 Å². The van der Waals surface area contributed by atoms with Gasteiger partial charge in [0.25, 0.3) is 0 Å². The lowest BCUT2D eigenvalue weighted by atomic mass is 10.1. The predicted molar refractivity (Wildman–Crippen MR) is 69.1 cm³/mol. The molecule has 0 saturated heterocycles. The molecule has 1 aromatic carbocycles. The maximum atomic E-state index is 11.7. The zero-order valence-electron chi connectivity index (χ0n) is 10.9. The average Bonchev–Trinajstić information content (AvgIpc) is 2.37. The van der Waals surface area contributed by atoms with Crippen LogP contribution in [0.5, 0.6) is 0 Å². The van der Waals surface area contributed by atoms with Gasteiger partial charge in [0.05, 0.1) is 6.61 Å². The van der Waals surface area contributed by atoms with Crippen LogP contribution in [0.4, 0.5) is 13.2 Å². The standard InChI is InChI=1S/C14H20F3NO/c15-14(16,17)12-19-11-10-18-9-5-4-8-13-6-2-1-3-7-13/h1-3,6-7,18H,4-5,8-12H2. The fourth-order valence-electron chi connectivity index (χ4n) is 1.68. The minimum atomic E-state index is -4.23. The Kier molecular flexibility index (Phi) is 7.52. The fraction of sp³-hybridized carbons (Fsp3) is 0.571. The maximum Gasteiger partial charge on any atom is 0.411 e. The maximum absolute atomic E-state index is 11.7. The first-order valence-electron chi connectivity index (χ1n) is 6.47. The van der Waals surface area contributed by atoms with Crippen molar-refractivity contribution in [1.29, 1.82) is 0 Å². The zero-order chi connectivity index (χ0) is 14.0. The number of halogens is 3. The monoisotopic (exact) mass is 275 g/mol. The van der Waals surface area contributed by atoms with Crippen molar-refractivity contribution in [3.8, 4) is 0 Å². The Morgan fingerprint density at radius 3 is 2.42 bits per heavy atom. The number of unbranched alkanes of at least 4 members (excludes halogenated alkanes) is 1. The minimum Gasteiger partial charge on any atom is -0.371 e. The first-order valence-corrected chi connectivity index (χ1v) is 6.47. The summed E-state index contributed by atoms with van der Waals surface area (Å²) in [6.07, 6.45) is -1.11. The summed E-state index contributed by atoms with van der Waals surface area (Å²) in [6, 6.07) is 10.2. The average molecular weight is 275 g/mol. The molecule has 0 saturated carbocycles. The summed E-state index contributed by atoms with van der Waals surface area (Å²) in [5, 5.41) is 3.07. The molecule has 19 heavy (non-hydrogen) atoms. The third-order valence-corrected chi connectivity index (χ3v) is 2.60. The number of benzene rings is 1. The van der Waals surface area contributed by atoms with E-state index in [9.17, 15) is 13.2 Å². The first kappa shape index (κ1) is 16.0. The molecule has 0 aliphatic heterocycles. The Hall–Kier alpha value is -1.07. The van der Waals surface area contributed by atoms with E-state index in [1.807, 2.05) is 18.2 Å². The molecular weight excluding hydrogens is 255 g/mol. The van der Waals surface area contributed by atoms with Crippen molar-refractivity contribution in [2.45, 2.75) is 25.4 Å². The molecule has 1 aromatic rings. The minimum absolute atomic E-state index is 0.0954. The van der Waals surface area contributed by atoms with Crippen LogP contribution in [0.15, 0.2) is 30.3 Å². The molecule has 0 radical (unpaired) electrons. The molecule has 0 spiro atoms. The van der Waals surface area contributed by atoms with Crippen molar-refractivity contribution < 1.29 is 17.9 Å². The van der Waals surface area contributed by atoms with Gasteiger partial charge in [-0.25, -0.2) is 0 Å². The molecule has 0 bridgehead atoms. The molecule has 5 heteroatoms. The van der Waals surface area contributed by atoms with Gasteiger partial charge in [0.15, 0.2) is 0 Å². The van der Waals surface area contributed by atoms with Gasteiger partial charge in [-0.1, -0.05) is 30.3 Å². The Bertz CT molecular complexity index is 327. The number of hydrogen-bond donors (Lipinski definition) is 1. The van der Waals surface area contributed by atoms with Crippen LogP contribution in [0.3, 0.4) is 0 Å².